The second kappa shape index (κ2) is 10.2. The molecule has 0 aliphatic carbocycles. The SMILES string of the molecule is O=c1cc(Oc2ccc(Nc3nc(=O)n(CCO)c(=O)n3Cc3ccc(Cl)cc3)cc2)cc[nH]1. The van der Waals surface area contributed by atoms with Gasteiger partial charge in [-0.25, -0.2) is 14.2 Å². The van der Waals surface area contributed by atoms with E-state index in [0.29, 0.717) is 22.2 Å². The van der Waals surface area contributed by atoms with Crippen LogP contribution in [0.1, 0.15) is 5.56 Å². The summed E-state index contributed by atoms with van der Waals surface area (Å²) >= 11 is 5.95. The Kier molecular flexibility index (Phi) is 6.90. The third-order valence-electron chi connectivity index (χ3n) is 4.82. The van der Waals surface area contributed by atoms with Crippen molar-refractivity contribution in [3.05, 3.63) is 109 Å². The van der Waals surface area contributed by atoms with Crippen molar-refractivity contribution in [2.45, 2.75) is 13.1 Å². The molecule has 10 nitrogen and oxygen atoms in total. The molecule has 2 aromatic heterocycles. The molecule has 0 aliphatic heterocycles. The van der Waals surface area contributed by atoms with Gasteiger partial charge in [0.25, 0.3) is 5.56 Å². The van der Waals surface area contributed by atoms with Gasteiger partial charge in [-0.05, 0) is 48.0 Å². The molecule has 0 amide bonds. The van der Waals surface area contributed by atoms with Gasteiger partial charge < -0.3 is 20.1 Å². The highest BCUT2D eigenvalue weighted by atomic mass is 35.5. The van der Waals surface area contributed by atoms with E-state index in [-0.39, 0.29) is 31.2 Å². The molecular formula is C23H20ClN5O5. The number of benzene rings is 2. The summed E-state index contributed by atoms with van der Waals surface area (Å²) in [6, 6.07) is 16.6. The molecule has 0 bridgehead atoms. The van der Waals surface area contributed by atoms with Crippen molar-refractivity contribution in [2.24, 2.45) is 0 Å². The van der Waals surface area contributed by atoms with Crippen LogP contribution in [-0.2, 0) is 13.1 Å². The first kappa shape index (κ1) is 23.0. The van der Waals surface area contributed by atoms with E-state index < -0.39 is 11.4 Å². The number of hydrogen-bond acceptors (Lipinski definition) is 7. The summed E-state index contributed by atoms with van der Waals surface area (Å²) in [5, 5.41) is 12.8. The molecule has 0 fully saturated rings. The van der Waals surface area contributed by atoms with Crippen LogP contribution in [0, 0.1) is 0 Å². The standard InChI is InChI=1S/C23H20ClN5O5/c24-16-3-1-15(2-4-16)14-29-21(27-22(32)28(11-12-30)23(29)33)26-17-5-7-18(8-6-17)34-19-9-10-25-20(31)13-19/h1-10,13,30H,11-12,14H2,(H,25,31)(H,26,27,32). The first-order valence-electron chi connectivity index (χ1n) is 10.2. The van der Waals surface area contributed by atoms with Gasteiger partial charge in [0.1, 0.15) is 11.5 Å². The molecule has 0 radical (unpaired) electrons. The van der Waals surface area contributed by atoms with E-state index in [0.717, 1.165) is 10.1 Å². The van der Waals surface area contributed by atoms with Gasteiger partial charge in [-0.3, -0.25) is 9.36 Å². The van der Waals surface area contributed by atoms with Crippen molar-refractivity contribution in [1.82, 2.24) is 19.1 Å². The van der Waals surface area contributed by atoms with E-state index in [2.05, 4.69) is 15.3 Å². The van der Waals surface area contributed by atoms with Crippen molar-refractivity contribution in [1.29, 1.82) is 0 Å². The average Bonchev–Trinajstić information content (AvgIpc) is 2.82. The third-order valence-corrected chi connectivity index (χ3v) is 5.07. The number of aromatic nitrogens is 4. The van der Waals surface area contributed by atoms with Crippen LogP contribution in [0.25, 0.3) is 0 Å². The highest BCUT2D eigenvalue weighted by molar-refractivity contribution is 6.30. The predicted octanol–water partition coefficient (Wildman–Crippen LogP) is 2.32. The zero-order valence-corrected chi connectivity index (χ0v) is 18.5. The molecule has 3 N–H and O–H groups in total. The fourth-order valence-corrected chi connectivity index (χ4v) is 3.32. The number of H-pyrrole nitrogens is 1. The van der Waals surface area contributed by atoms with E-state index in [9.17, 15) is 19.5 Å². The number of nitrogens with one attached hydrogen (secondary N) is 2. The second-order valence-corrected chi connectivity index (χ2v) is 7.66. The van der Waals surface area contributed by atoms with Crippen LogP contribution in [0.3, 0.4) is 0 Å². The molecule has 0 atom stereocenters. The van der Waals surface area contributed by atoms with Gasteiger partial charge in [0.05, 0.1) is 19.7 Å². The number of pyridine rings is 1. The van der Waals surface area contributed by atoms with Crippen molar-refractivity contribution >= 4 is 23.2 Å². The number of ether oxygens (including phenoxy) is 1. The number of aliphatic hydroxyl groups excluding tert-OH is 1. The van der Waals surface area contributed by atoms with Crippen LogP contribution >= 0.6 is 11.6 Å². The molecule has 34 heavy (non-hydrogen) atoms. The molecule has 11 heteroatoms. The first-order valence-corrected chi connectivity index (χ1v) is 10.6. The fraction of sp³-hybridized carbons (Fsp3) is 0.130. The van der Waals surface area contributed by atoms with Crippen LogP contribution in [0.2, 0.25) is 5.02 Å². The number of rotatable bonds is 8. The van der Waals surface area contributed by atoms with Gasteiger partial charge in [0.2, 0.25) is 5.95 Å². The lowest BCUT2D eigenvalue weighted by atomic mass is 10.2. The summed E-state index contributed by atoms with van der Waals surface area (Å²) in [4.78, 5) is 43.3. The minimum absolute atomic E-state index is 0.0439. The Morgan fingerprint density at radius 2 is 1.71 bits per heavy atom. The minimum Gasteiger partial charge on any atom is -0.457 e. The summed E-state index contributed by atoms with van der Waals surface area (Å²) in [6.07, 6.45) is 1.48. The van der Waals surface area contributed by atoms with Gasteiger partial charge in [-0.15, -0.1) is 0 Å². The van der Waals surface area contributed by atoms with E-state index in [1.54, 1.807) is 54.6 Å². The number of hydrogen-bond donors (Lipinski definition) is 3. The largest absolute Gasteiger partial charge is 0.457 e. The van der Waals surface area contributed by atoms with Crippen LogP contribution < -0.4 is 27.0 Å². The van der Waals surface area contributed by atoms with Gasteiger partial charge in [0, 0.05) is 23.0 Å². The zero-order chi connectivity index (χ0) is 24.1. The predicted molar refractivity (Wildman–Crippen MR) is 127 cm³/mol. The molecule has 2 heterocycles. The lowest BCUT2D eigenvalue weighted by Gasteiger charge is -2.15. The monoisotopic (exact) mass is 481 g/mol. The molecule has 0 aliphatic rings. The quantitative estimate of drug-likeness (QED) is 0.352. The van der Waals surface area contributed by atoms with E-state index in [4.69, 9.17) is 16.3 Å². The highest BCUT2D eigenvalue weighted by Crippen LogP contribution is 2.23. The maximum Gasteiger partial charge on any atom is 0.355 e. The summed E-state index contributed by atoms with van der Waals surface area (Å²) in [6.45, 7) is -0.417. The summed E-state index contributed by atoms with van der Waals surface area (Å²) < 4.78 is 7.83. The molecule has 2 aromatic carbocycles. The molecular weight excluding hydrogens is 462 g/mol. The highest BCUT2D eigenvalue weighted by Gasteiger charge is 2.14. The smallest absolute Gasteiger partial charge is 0.355 e. The maximum atomic E-state index is 13.0. The Hall–Kier alpha value is -4.15. The molecule has 174 valence electrons. The summed E-state index contributed by atoms with van der Waals surface area (Å²) in [5.74, 6) is 0.916. The number of aromatic amines is 1. The van der Waals surface area contributed by atoms with E-state index in [1.807, 2.05) is 0 Å². The number of nitrogens with zero attached hydrogens (tertiary/aromatic N) is 3. The second-order valence-electron chi connectivity index (χ2n) is 7.23. The Morgan fingerprint density at radius 3 is 2.38 bits per heavy atom. The molecule has 4 rings (SSSR count). The molecule has 0 saturated carbocycles. The number of halogens is 1. The Balaban J connectivity index is 1.63. The van der Waals surface area contributed by atoms with Gasteiger partial charge in [-0.1, -0.05) is 23.7 Å². The first-order chi connectivity index (χ1) is 16.4. The summed E-state index contributed by atoms with van der Waals surface area (Å²) in [5.41, 5.74) is -0.346. The van der Waals surface area contributed by atoms with Crippen molar-refractivity contribution in [3.8, 4) is 11.5 Å². The van der Waals surface area contributed by atoms with Gasteiger partial charge in [-0.2, -0.15) is 4.98 Å². The molecule has 4 aromatic rings. The lowest BCUT2D eigenvalue weighted by Crippen LogP contribution is -2.43. The van der Waals surface area contributed by atoms with Gasteiger partial charge >= 0.3 is 11.4 Å². The van der Waals surface area contributed by atoms with Gasteiger partial charge in [0.15, 0.2) is 0 Å². The van der Waals surface area contributed by atoms with Crippen molar-refractivity contribution in [3.63, 3.8) is 0 Å². The number of anilines is 2. The topological polar surface area (TPSA) is 131 Å². The van der Waals surface area contributed by atoms with Crippen molar-refractivity contribution in [2.75, 3.05) is 11.9 Å². The van der Waals surface area contributed by atoms with Crippen LogP contribution in [0.15, 0.2) is 81.2 Å². The van der Waals surface area contributed by atoms with E-state index >= 15 is 0 Å². The zero-order valence-electron chi connectivity index (χ0n) is 17.8. The van der Waals surface area contributed by atoms with Crippen LogP contribution in [0.4, 0.5) is 11.6 Å². The van der Waals surface area contributed by atoms with Crippen molar-refractivity contribution < 1.29 is 9.84 Å². The fourth-order valence-electron chi connectivity index (χ4n) is 3.19. The Labute approximate surface area is 197 Å². The van der Waals surface area contributed by atoms with Crippen LogP contribution in [-0.4, -0.2) is 30.8 Å². The maximum absolute atomic E-state index is 13.0. The van der Waals surface area contributed by atoms with E-state index in [1.165, 1.54) is 16.8 Å². The minimum atomic E-state index is -0.775. The summed E-state index contributed by atoms with van der Waals surface area (Å²) in [7, 11) is 0. The average molecular weight is 482 g/mol. The molecule has 0 saturated heterocycles. The molecule has 0 spiro atoms. The lowest BCUT2D eigenvalue weighted by molar-refractivity contribution is 0.268. The van der Waals surface area contributed by atoms with Crippen LogP contribution in [0.5, 0.6) is 11.5 Å². The normalized spacial score (nSPS) is 10.8. The molecule has 0 unspecified atom stereocenters. The Bertz CT molecular complexity index is 1460. The third kappa shape index (κ3) is 5.42. The number of aliphatic hydroxyl groups is 1. The Morgan fingerprint density at radius 1 is 0.971 bits per heavy atom.